The van der Waals surface area contributed by atoms with E-state index in [1.54, 1.807) is 13.0 Å². The summed E-state index contributed by atoms with van der Waals surface area (Å²) in [6.45, 7) is 1.77. The predicted molar refractivity (Wildman–Crippen MR) is 96.8 cm³/mol. The zero-order valence-electron chi connectivity index (χ0n) is 13.7. The predicted octanol–water partition coefficient (Wildman–Crippen LogP) is 3.23. The van der Waals surface area contributed by atoms with Gasteiger partial charge in [0.25, 0.3) is 0 Å². The Balaban J connectivity index is 1.47. The van der Waals surface area contributed by atoms with E-state index >= 15 is 0 Å². The summed E-state index contributed by atoms with van der Waals surface area (Å²) in [6, 6.07) is 10.1. The first-order valence-corrected chi connectivity index (χ1v) is 9.05. The number of carbonyl (C=O) groups is 1. The molecular formula is C17H17N5O2S. The lowest BCUT2D eigenvalue weighted by atomic mass is 10.2. The minimum Gasteiger partial charge on any atom is -0.367 e. The molecule has 0 bridgehead atoms. The molecule has 3 aromatic rings. The monoisotopic (exact) mass is 355 g/mol. The molecule has 0 saturated heterocycles. The number of aromatic nitrogens is 3. The molecule has 0 radical (unpaired) electrons. The van der Waals surface area contributed by atoms with Crippen LogP contribution in [0.2, 0.25) is 0 Å². The van der Waals surface area contributed by atoms with Crippen molar-refractivity contribution in [3.63, 3.8) is 0 Å². The van der Waals surface area contributed by atoms with Crippen LogP contribution in [0.25, 0.3) is 10.9 Å². The van der Waals surface area contributed by atoms with Gasteiger partial charge in [0.05, 0.1) is 11.3 Å². The first kappa shape index (κ1) is 15.9. The third-order valence-corrected chi connectivity index (χ3v) is 4.58. The molecule has 1 fully saturated rings. The Kier molecular flexibility index (Phi) is 4.27. The molecule has 1 aliphatic rings. The van der Waals surface area contributed by atoms with Gasteiger partial charge in [-0.3, -0.25) is 4.79 Å². The quantitative estimate of drug-likeness (QED) is 0.518. The summed E-state index contributed by atoms with van der Waals surface area (Å²) < 4.78 is 4.93. The molecule has 1 aliphatic carbocycles. The average Bonchev–Trinajstić information content (AvgIpc) is 3.33. The number of fused-ring (bicyclic) bond motifs is 1. The van der Waals surface area contributed by atoms with Gasteiger partial charge in [0.2, 0.25) is 5.91 Å². The van der Waals surface area contributed by atoms with Crippen molar-refractivity contribution in [2.45, 2.75) is 31.0 Å². The van der Waals surface area contributed by atoms with Crippen LogP contribution in [-0.4, -0.2) is 32.8 Å². The number of nitrogens with zero attached hydrogens (tertiary/aromatic N) is 3. The molecule has 8 heteroatoms. The van der Waals surface area contributed by atoms with Gasteiger partial charge < -0.3 is 15.2 Å². The summed E-state index contributed by atoms with van der Waals surface area (Å²) in [5.41, 5.74) is 0.871. The Hall–Kier alpha value is -2.61. The third-order valence-electron chi connectivity index (χ3n) is 3.73. The zero-order valence-corrected chi connectivity index (χ0v) is 14.5. The highest BCUT2D eigenvalue weighted by molar-refractivity contribution is 7.99. The molecule has 0 unspecified atom stereocenters. The number of hydrogen-bond acceptors (Lipinski definition) is 7. The number of thioether (sulfide) groups is 1. The molecule has 7 nitrogen and oxygen atoms in total. The number of amides is 1. The molecule has 1 saturated carbocycles. The Labute approximate surface area is 148 Å². The molecule has 25 heavy (non-hydrogen) atoms. The fourth-order valence-corrected chi connectivity index (χ4v) is 3.04. The molecule has 2 N–H and O–H groups in total. The van der Waals surface area contributed by atoms with E-state index in [-0.39, 0.29) is 11.7 Å². The van der Waals surface area contributed by atoms with Crippen LogP contribution in [0.5, 0.6) is 0 Å². The van der Waals surface area contributed by atoms with Crippen molar-refractivity contribution < 1.29 is 9.32 Å². The summed E-state index contributed by atoms with van der Waals surface area (Å²) >= 11 is 1.30. The first-order chi connectivity index (χ1) is 12.2. The molecule has 4 rings (SSSR count). The minimum absolute atomic E-state index is 0.174. The van der Waals surface area contributed by atoms with Crippen molar-refractivity contribution in [3.05, 3.63) is 36.1 Å². The van der Waals surface area contributed by atoms with Gasteiger partial charge in [-0.15, -0.1) is 0 Å². The van der Waals surface area contributed by atoms with Crippen molar-refractivity contribution >= 4 is 40.2 Å². The number of hydrogen-bond donors (Lipinski definition) is 2. The Bertz CT molecular complexity index is 922. The zero-order chi connectivity index (χ0) is 17.2. The molecule has 128 valence electrons. The van der Waals surface area contributed by atoms with E-state index in [4.69, 9.17) is 4.52 Å². The lowest BCUT2D eigenvalue weighted by Gasteiger charge is -2.09. The van der Waals surface area contributed by atoms with E-state index < -0.39 is 0 Å². The molecule has 1 amide bonds. The fraction of sp³-hybridized carbons (Fsp3) is 0.294. The second-order valence-electron chi connectivity index (χ2n) is 5.95. The number of nitrogens with one attached hydrogen (secondary N) is 2. The first-order valence-electron chi connectivity index (χ1n) is 8.07. The van der Waals surface area contributed by atoms with Gasteiger partial charge in [-0.05, 0) is 31.9 Å². The smallest absolute Gasteiger partial charge is 0.236 e. The summed E-state index contributed by atoms with van der Waals surface area (Å²) in [5.74, 6) is 1.93. The van der Waals surface area contributed by atoms with E-state index in [2.05, 4.69) is 25.8 Å². The van der Waals surface area contributed by atoms with E-state index in [0.29, 0.717) is 22.8 Å². The maximum atomic E-state index is 12.0. The summed E-state index contributed by atoms with van der Waals surface area (Å²) in [4.78, 5) is 21.2. The molecule has 0 atom stereocenters. The van der Waals surface area contributed by atoms with Gasteiger partial charge in [-0.2, -0.15) is 0 Å². The summed E-state index contributed by atoms with van der Waals surface area (Å²) in [6.07, 6.45) is 2.33. The molecular weight excluding hydrogens is 338 g/mol. The van der Waals surface area contributed by atoms with E-state index in [9.17, 15) is 4.79 Å². The maximum Gasteiger partial charge on any atom is 0.236 e. The molecule has 2 aromatic heterocycles. The molecule has 0 aliphatic heterocycles. The van der Waals surface area contributed by atoms with Crippen LogP contribution in [-0.2, 0) is 4.79 Å². The number of carbonyl (C=O) groups excluding carboxylic acids is 1. The van der Waals surface area contributed by atoms with Crippen LogP contribution < -0.4 is 10.6 Å². The van der Waals surface area contributed by atoms with Gasteiger partial charge in [0, 0.05) is 17.5 Å². The molecule has 2 heterocycles. The Morgan fingerprint density at radius 2 is 2.16 bits per heavy atom. The third kappa shape index (κ3) is 3.90. The van der Waals surface area contributed by atoms with Crippen molar-refractivity contribution in [1.29, 1.82) is 0 Å². The molecule has 0 spiro atoms. The second-order valence-corrected chi connectivity index (χ2v) is 6.89. The summed E-state index contributed by atoms with van der Waals surface area (Å²) in [5, 5.41) is 11.5. The minimum atomic E-state index is -0.174. The molecule has 1 aromatic carbocycles. The number of rotatable bonds is 6. The average molecular weight is 355 g/mol. The van der Waals surface area contributed by atoms with Crippen molar-refractivity contribution in [3.8, 4) is 0 Å². The van der Waals surface area contributed by atoms with E-state index in [1.807, 2.05) is 24.3 Å². The van der Waals surface area contributed by atoms with Crippen LogP contribution in [0.15, 0.2) is 40.0 Å². The summed E-state index contributed by atoms with van der Waals surface area (Å²) in [7, 11) is 0. The largest absolute Gasteiger partial charge is 0.367 e. The highest BCUT2D eigenvalue weighted by Crippen LogP contribution is 2.29. The van der Waals surface area contributed by atoms with Gasteiger partial charge in [-0.25, -0.2) is 9.97 Å². The Morgan fingerprint density at radius 3 is 2.92 bits per heavy atom. The number of benzene rings is 1. The number of anilines is 2. The normalized spacial score (nSPS) is 13.8. The van der Waals surface area contributed by atoms with Crippen LogP contribution in [0.1, 0.15) is 18.6 Å². The second kappa shape index (κ2) is 6.72. The van der Waals surface area contributed by atoms with Gasteiger partial charge in [0.1, 0.15) is 11.6 Å². The van der Waals surface area contributed by atoms with Crippen molar-refractivity contribution in [2.24, 2.45) is 0 Å². The maximum absolute atomic E-state index is 12.0. The lowest BCUT2D eigenvalue weighted by Crippen LogP contribution is -2.14. The van der Waals surface area contributed by atoms with Crippen LogP contribution in [0.4, 0.5) is 11.6 Å². The van der Waals surface area contributed by atoms with Crippen molar-refractivity contribution in [2.75, 3.05) is 16.4 Å². The van der Waals surface area contributed by atoms with Gasteiger partial charge in [0.15, 0.2) is 11.0 Å². The SMILES string of the molecule is Cc1cc(NC(=O)CSc2nc(NC3CC3)c3ccccc3n2)no1. The van der Waals surface area contributed by atoms with Gasteiger partial charge in [-0.1, -0.05) is 29.1 Å². The van der Waals surface area contributed by atoms with Crippen LogP contribution in [0.3, 0.4) is 0 Å². The van der Waals surface area contributed by atoms with E-state index in [1.165, 1.54) is 24.6 Å². The van der Waals surface area contributed by atoms with Crippen molar-refractivity contribution in [1.82, 2.24) is 15.1 Å². The van der Waals surface area contributed by atoms with Crippen LogP contribution >= 0.6 is 11.8 Å². The highest BCUT2D eigenvalue weighted by atomic mass is 32.2. The topological polar surface area (TPSA) is 92.9 Å². The standard InChI is InChI=1S/C17H17N5O2S/c1-10-8-14(22-24-10)20-15(23)9-25-17-19-13-5-3-2-4-12(13)16(21-17)18-11-6-7-11/h2-5,8,11H,6-7,9H2,1H3,(H,18,19,21)(H,20,22,23). The highest BCUT2D eigenvalue weighted by Gasteiger charge is 2.23. The van der Waals surface area contributed by atoms with E-state index in [0.717, 1.165) is 16.7 Å². The Morgan fingerprint density at radius 1 is 1.32 bits per heavy atom. The lowest BCUT2D eigenvalue weighted by molar-refractivity contribution is -0.113. The van der Waals surface area contributed by atoms with Crippen LogP contribution in [0, 0.1) is 6.92 Å². The number of aryl methyl sites for hydroxylation is 1. The fourth-order valence-electron chi connectivity index (χ4n) is 2.39. The number of para-hydroxylation sites is 1. The van der Waals surface area contributed by atoms with Gasteiger partial charge >= 0.3 is 0 Å².